The molecule has 2 aromatic heterocycles. The molecular formula is C15H14N4OS2. The van der Waals surface area contributed by atoms with Crippen LogP contribution in [-0.2, 0) is 17.8 Å². The van der Waals surface area contributed by atoms with Crippen molar-refractivity contribution in [3.05, 3.63) is 46.7 Å². The van der Waals surface area contributed by atoms with Crippen LogP contribution in [0.5, 0.6) is 0 Å². The minimum absolute atomic E-state index is 0.0403. The summed E-state index contributed by atoms with van der Waals surface area (Å²) in [6, 6.07) is 8.20. The summed E-state index contributed by atoms with van der Waals surface area (Å²) >= 11 is 3.19. The second-order valence-corrected chi connectivity index (χ2v) is 7.62. The number of fused-ring (bicyclic) bond motifs is 2. The molecule has 4 rings (SSSR count). The highest BCUT2D eigenvalue weighted by molar-refractivity contribution is 8.01. The van der Waals surface area contributed by atoms with Gasteiger partial charge in [-0.2, -0.15) is 5.10 Å². The summed E-state index contributed by atoms with van der Waals surface area (Å²) in [6.07, 6.45) is 2.67. The Bertz CT molecular complexity index is 798. The van der Waals surface area contributed by atoms with Crippen molar-refractivity contribution >= 4 is 34.0 Å². The highest BCUT2D eigenvalue weighted by Crippen LogP contribution is 2.36. The largest absolute Gasteiger partial charge is 0.349 e. The Kier molecular flexibility index (Phi) is 3.38. The fourth-order valence-electron chi connectivity index (χ4n) is 2.55. The van der Waals surface area contributed by atoms with Gasteiger partial charge in [0.25, 0.3) is 0 Å². The van der Waals surface area contributed by atoms with Crippen LogP contribution >= 0.6 is 23.1 Å². The zero-order chi connectivity index (χ0) is 15.1. The summed E-state index contributed by atoms with van der Waals surface area (Å²) in [5, 5.41) is 8.25. The van der Waals surface area contributed by atoms with Crippen molar-refractivity contribution in [1.82, 2.24) is 19.9 Å². The van der Waals surface area contributed by atoms with Gasteiger partial charge in [-0.05, 0) is 25.0 Å². The number of amides is 1. The van der Waals surface area contributed by atoms with Crippen LogP contribution in [0.4, 0.5) is 0 Å². The molecule has 0 aliphatic carbocycles. The maximum atomic E-state index is 12.3. The normalized spacial score (nSPS) is 16.9. The zero-order valence-electron chi connectivity index (χ0n) is 11.9. The molecule has 112 valence electrons. The fraction of sp³-hybridized carbons (Fsp3) is 0.267. The van der Waals surface area contributed by atoms with Gasteiger partial charge >= 0.3 is 0 Å². The number of nitrogens with one attached hydrogen (secondary N) is 1. The van der Waals surface area contributed by atoms with Crippen molar-refractivity contribution in [2.24, 2.45) is 0 Å². The number of aryl methyl sites for hydroxylation is 1. The first-order chi connectivity index (χ1) is 10.7. The Labute approximate surface area is 135 Å². The van der Waals surface area contributed by atoms with Gasteiger partial charge in [-0.25, -0.2) is 9.50 Å². The van der Waals surface area contributed by atoms with E-state index >= 15 is 0 Å². The third-order valence-electron chi connectivity index (χ3n) is 3.58. The number of imidazole rings is 1. The maximum Gasteiger partial charge on any atom is 0.234 e. The van der Waals surface area contributed by atoms with Gasteiger partial charge < -0.3 is 5.32 Å². The lowest BCUT2D eigenvalue weighted by Crippen LogP contribution is -2.32. The lowest BCUT2D eigenvalue weighted by atomic mass is 10.1. The molecule has 3 heterocycles. The zero-order valence-corrected chi connectivity index (χ0v) is 13.6. The topological polar surface area (TPSA) is 59.3 Å². The number of carbonyl (C=O) groups excluding carboxylic acids is 1. The molecule has 0 saturated heterocycles. The van der Waals surface area contributed by atoms with Crippen molar-refractivity contribution in [3.8, 4) is 0 Å². The molecule has 0 spiro atoms. The van der Waals surface area contributed by atoms with Crippen LogP contribution in [0.3, 0.4) is 0 Å². The van der Waals surface area contributed by atoms with Gasteiger partial charge in [0, 0.05) is 4.90 Å². The third kappa shape index (κ3) is 2.50. The Morgan fingerprint density at radius 2 is 2.32 bits per heavy atom. The predicted octanol–water partition coefficient (Wildman–Crippen LogP) is 2.43. The number of hydrogen-bond acceptors (Lipinski definition) is 5. The highest BCUT2D eigenvalue weighted by atomic mass is 32.2. The van der Waals surface area contributed by atoms with Gasteiger partial charge in [-0.1, -0.05) is 29.5 Å². The van der Waals surface area contributed by atoms with Crippen LogP contribution in [-0.4, -0.2) is 25.8 Å². The van der Waals surface area contributed by atoms with E-state index in [-0.39, 0.29) is 11.2 Å². The first-order valence-corrected chi connectivity index (χ1v) is 8.72. The van der Waals surface area contributed by atoms with E-state index in [9.17, 15) is 4.79 Å². The summed E-state index contributed by atoms with van der Waals surface area (Å²) in [5.74, 6) is 0.0710. The summed E-state index contributed by atoms with van der Waals surface area (Å²) in [4.78, 5) is 18.9. The second-order valence-electron chi connectivity index (χ2n) is 5.22. The average Bonchev–Trinajstić information content (AvgIpc) is 3.16. The Hall–Kier alpha value is -1.86. The van der Waals surface area contributed by atoms with Crippen LogP contribution in [0.1, 0.15) is 16.3 Å². The molecule has 1 amide bonds. The molecule has 0 saturated carbocycles. The predicted molar refractivity (Wildman–Crippen MR) is 87.2 cm³/mol. The summed E-state index contributed by atoms with van der Waals surface area (Å²) < 4.78 is 1.77. The van der Waals surface area contributed by atoms with E-state index in [1.165, 1.54) is 10.5 Å². The average molecular weight is 330 g/mol. The van der Waals surface area contributed by atoms with Gasteiger partial charge in [0.1, 0.15) is 5.01 Å². The van der Waals surface area contributed by atoms with E-state index in [0.717, 1.165) is 22.1 Å². The third-order valence-corrected chi connectivity index (χ3v) is 5.73. The molecule has 0 unspecified atom stereocenters. The first kappa shape index (κ1) is 13.8. The van der Waals surface area contributed by atoms with E-state index < -0.39 is 0 Å². The lowest BCUT2D eigenvalue weighted by Gasteiger charge is -2.08. The SMILES string of the molecule is Cc1nn2cc(CNC(=O)[C@@H]3Cc4ccccc4S3)nc2s1. The van der Waals surface area contributed by atoms with Gasteiger partial charge in [-0.15, -0.1) is 11.8 Å². The molecule has 1 aliphatic rings. The van der Waals surface area contributed by atoms with Crippen LogP contribution in [0, 0.1) is 6.92 Å². The molecule has 7 heteroatoms. The Balaban J connectivity index is 1.39. The molecule has 1 N–H and O–H groups in total. The summed E-state index contributed by atoms with van der Waals surface area (Å²) in [7, 11) is 0. The molecule has 22 heavy (non-hydrogen) atoms. The number of carbonyl (C=O) groups is 1. The van der Waals surface area contributed by atoms with Crippen LogP contribution in [0.25, 0.3) is 4.96 Å². The van der Waals surface area contributed by atoms with E-state index in [1.807, 2.05) is 25.3 Å². The molecule has 0 radical (unpaired) electrons. The monoisotopic (exact) mass is 330 g/mol. The van der Waals surface area contributed by atoms with Crippen molar-refractivity contribution < 1.29 is 4.79 Å². The van der Waals surface area contributed by atoms with Gasteiger partial charge in [0.15, 0.2) is 0 Å². The van der Waals surface area contributed by atoms with E-state index in [4.69, 9.17) is 0 Å². The Morgan fingerprint density at radius 3 is 3.14 bits per heavy atom. The molecule has 1 aliphatic heterocycles. The van der Waals surface area contributed by atoms with Crippen molar-refractivity contribution in [1.29, 1.82) is 0 Å². The summed E-state index contributed by atoms with van der Waals surface area (Å²) in [6.45, 7) is 2.40. The number of thioether (sulfide) groups is 1. The molecule has 0 bridgehead atoms. The van der Waals surface area contributed by atoms with Crippen LogP contribution in [0.15, 0.2) is 35.4 Å². The Morgan fingerprint density at radius 1 is 1.45 bits per heavy atom. The van der Waals surface area contributed by atoms with Crippen LogP contribution < -0.4 is 5.32 Å². The first-order valence-electron chi connectivity index (χ1n) is 7.03. The van der Waals surface area contributed by atoms with Crippen molar-refractivity contribution in [2.75, 3.05) is 0 Å². The number of hydrogen-bond donors (Lipinski definition) is 1. The van der Waals surface area contributed by atoms with Crippen LogP contribution in [0.2, 0.25) is 0 Å². The summed E-state index contributed by atoms with van der Waals surface area (Å²) in [5.41, 5.74) is 2.10. The number of aromatic nitrogens is 3. The minimum Gasteiger partial charge on any atom is -0.349 e. The molecule has 1 atom stereocenters. The quantitative estimate of drug-likeness (QED) is 0.801. The van der Waals surface area contributed by atoms with Crippen molar-refractivity contribution in [2.45, 2.75) is 30.0 Å². The standard InChI is InChI=1S/C15H14N4OS2/c1-9-18-19-8-11(17-15(19)21-9)7-16-14(20)13-6-10-4-2-3-5-12(10)22-13/h2-5,8,13H,6-7H2,1H3,(H,16,20)/t13-/m0/s1. The van der Waals surface area contributed by atoms with E-state index in [1.54, 1.807) is 27.6 Å². The maximum absolute atomic E-state index is 12.3. The van der Waals surface area contributed by atoms with E-state index in [0.29, 0.717) is 6.54 Å². The minimum atomic E-state index is -0.0403. The molecule has 3 aromatic rings. The second kappa shape index (κ2) is 5.40. The van der Waals surface area contributed by atoms with Gasteiger partial charge in [0.2, 0.25) is 10.9 Å². The molecule has 0 fully saturated rings. The smallest absolute Gasteiger partial charge is 0.234 e. The van der Waals surface area contributed by atoms with Gasteiger partial charge in [0.05, 0.1) is 23.7 Å². The highest BCUT2D eigenvalue weighted by Gasteiger charge is 2.27. The van der Waals surface area contributed by atoms with Gasteiger partial charge in [-0.3, -0.25) is 4.79 Å². The molecular weight excluding hydrogens is 316 g/mol. The number of rotatable bonds is 3. The van der Waals surface area contributed by atoms with Crippen molar-refractivity contribution in [3.63, 3.8) is 0 Å². The van der Waals surface area contributed by atoms with E-state index in [2.05, 4.69) is 27.5 Å². The number of benzene rings is 1. The number of nitrogens with zero attached hydrogens (tertiary/aromatic N) is 3. The molecule has 1 aromatic carbocycles. The fourth-order valence-corrected chi connectivity index (χ4v) is 4.51. The lowest BCUT2D eigenvalue weighted by molar-refractivity contribution is -0.120. The molecule has 5 nitrogen and oxygen atoms in total.